The van der Waals surface area contributed by atoms with Gasteiger partial charge in [-0.2, -0.15) is 0 Å². The fourth-order valence-corrected chi connectivity index (χ4v) is 6.49. The largest absolute Gasteiger partial charge is 0.319 e. The molecule has 3 heteroatoms. The van der Waals surface area contributed by atoms with Crippen LogP contribution in [0, 0.1) is 0 Å². The Morgan fingerprint density at radius 3 is 1.63 bits per heavy atom. The quantitative estimate of drug-likeness (QED) is 0.136. The van der Waals surface area contributed by atoms with Gasteiger partial charge in [0, 0.05) is 32.4 Å². The molecular weight excluding hydrogens is 481 g/mol. The van der Waals surface area contributed by atoms with Gasteiger partial charge >= 0.3 is 0 Å². The highest BCUT2D eigenvalue weighted by atomic mass is 31.2. The molecule has 0 N–H and O–H groups in total. The first-order valence-electron chi connectivity index (χ1n) is 12.9. The zero-order valence-corrected chi connectivity index (χ0v) is 22.2. The lowest BCUT2D eigenvalue weighted by atomic mass is 9.91. The predicted octanol–water partition coefficient (Wildman–Crippen LogP) is 9.28. The van der Waals surface area contributed by atoms with Crippen molar-refractivity contribution < 1.29 is 4.57 Å². The van der Waals surface area contributed by atoms with Crippen LogP contribution in [0.4, 0.5) is 0 Å². The van der Waals surface area contributed by atoms with Gasteiger partial charge in [-0.3, -0.25) is 0 Å². The number of hydrogen-bond donors (Lipinski definition) is 0. The van der Waals surface area contributed by atoms with Crippen molar-refractivity contribution in [2.24, 2.45) is 0 Å². The molecule has 0 atom stereocenters. The molecule has 0 saturated carbocycles. The second kappa shape index (κ2) is 8.65. The van der Waals surface area contributed by atoms with Gasteiger partial charge in [-0.25, -0.2) is 4.98 Å². The maximum atomic E-state index is 12.8. The Kier molecular flexibility index (Phi) is 5.21. The summed E-state index contributed by atoms with van der Waals surface area (Å²) in [6.07, 6.45) is 0. The van der Waals surface area contributed by atoms with Gasteiger partial charge in [0.1, 0.15) is 7.14 Å². The Bertz CT molecular complexity index is 1990. The summed E-state index contributed by atoms with van der Waals surface area (Å²) in [6.45, 7) is 3.65. The van der Waals surface area contributed by atoms with Crippen LogP contribution in [0.25, 0.3) is 65.6 Å². The van der Waals surface area contributed by atoms with E-state index < -0.39 is 7.14 Å². The number of hydrogen-bond acceptors (Lipinski definition) is 2. The first kappa shape index (κ1) is 22.9. The van der Waals surface area contributed by atoms with Gasteiger partial charge in [0.15, 0.2) is 0 Å². The van der Waals surface area contributed by atoms with Crippen molar-refractivity contribution in [1.29, 1.82) is 0 Å². The van der Waals surface area contributed by atoms with Crippen LogP contribution in [0.15, 0.2) is 121 Å². The van der Waals surface area contributed by atoms with Crippen LogP contribution >= 0.6 is 7.14 Å². The molecule has 0 radical (unpaired) electrons. The molecule has 0 unspecified atom stereocenters. The monoisotopic (exact) mass is 507 g/mol. The molecule has 7 rings (SSSR count). The minimum absolute atomic E-state index is 0.901. The predicted molar refractivity (Wildman–Crippen MR) is 164 cm³/mol. The number of fused-ring (bicyclic) bond motifs is 6. The van der Waals surface area contributed by atoms with Gasteiger partial charge in [0.2, 0.25) is 0 Å². The Balaban J connectivity index is 1.57. The smallest absolute Gasteiger partial charge is 0.109 e. The number of nitrogens with zero attached hydrogens (tertiary/aromatic N) is 1. The van der Waals surface area contributed by atoms with E-state index in [2.05, 4.69) is 109 Å². The standard InChI is InChI=1S/C35H26NOP/c1-38(2,37)28-14-8-12-26(22-28)25-11-7-13-27(21-25)33-31-19-17-23-9-3-5-15-29(23)34(31)36-35-30-16-6-4-10-24(30)18-20-32(33)35/h3-22H,1-2H3. The van der Waals surface area contributed by atoms with Gasteiger partial charge in [-0.1, -0.05) is 109 Å². The van der Waals surface area contributed by atoms with Crippen molar-refractivity contribution in [3.63, 3.8) is 0 Å². The summed E-state index contributed by atoms with van der Waals surface area (Å²) in [7, 11) is -2.36. The Labute approximate surface area is 222 Å². The van der Waals surface area contributed by atoms with E-state index in [1.54, 1.807) is 0 Å². The lowest BCUT2D eigenvalue weighted by Gasteiger charge is -2.16. The molecular formula is C35H26NOP. The second-order valence-electron chi connectivity index (χ2n) is 10.3. The van der Waals surface area contributed by atoms with Crippen LogP contribution in [0.2, 0.25) is 0 Å². The van der Waals surface area contributed by atoms with Crippen LogP contribution in [0.5, 0.6) is 0 Å². The van der Waals surface area contributed by atoms with E-state index >= 15 is 0 Å². The van der Waals surface area contributed by atoms with Crippen molar-refractivity contribution in [3.8, 4) is 22.3 Å². The first-order valence-corrected chi connectivity index (χ1v) is 15.5. The van der Waals surface area contributed by atoms with Crippen LogP contribution in [0.1, 0.15) is 0 Å². The normalized spacial score (nSPS) is 12.1. The van der Waals surface area contributed by atoms with Crippen LogP contribution < -0.4 is 5.30 Å². The molecule has 1 aromatic heterocycles. The second-order valence-corrected chi connectivity index (χ2v) is 13.6. The molecule has 6 aromatic carbocycles. The third kappa shape index (κ3) is 3.72. The minimum atomic E-state index is -2.36. The average molecular weight is 508 g/mol. The summed E-state index contributed by atoms with van der Waals surface area (Å²) in [6, 6.07) is 42.6. The van der Waals surface area contributed by atoms with E-state index in [4.69, 9.17) is 4.98 Å². The SMILES string of the molecule is CP(C)(=O)c1cccc(-c2cccc(-c3c4ccc5ccccc5c4nc4c3ccc3ccccc34)c2)c1. The molecule has 0 fully saturated rings. The average Bonchev–Trinajstić information content (AvgIpc) is 2.95. The Morgan fingerprint density at radius 1 is 0.500 bits per heavy atom. The number of benzene rings is 6. The topological polar surface area (TPSA) is 30.0 Å². The molecule has 0 bridgehead atoms. The molecule has 38 heavy (non-hydrogen) atoms. The fourth-order valence-electron chi connectivity index (χ4n) is 5.60. The Morgan fingerprint density at radius 2 is 1.03 bits per heavy atom. The maximum Gasteiger partial charge on any atom is 0.109 e. The van der Waals surface area contributed by atoms with E-state index in [0.717, 1.165) is 54.6 Å². The minimum Gasteiger partial charge on any atom is -0.319 e. The molecule has 0 saturated heterocycles. The first-order chi connectivity index (χ1) is 18.5. The highest BCUT2D eigenvalue weighted by Crippen LogP contribution is 2.41. The van der Waals surface area contributed by atoms with Gasteiger partial charge in [-0.15, -0.1) is 0 Å². The molecule has 0 spiro atoms. The van der Waals surface area contributed by atoms with E-state index in [1.165, 1.54) is 16.3 Å². The molecule has 0 aliphatic carbocycles. The van der Waals surface area contributed by atoms with Gasteiger partial charge in [0.25, 0.3) is 0 Å². The highest BCUT2D eigenvalue weighted by Gasteiger charge is 2.16. The number of aromatic nitrogens is 1. The summed E-state index contributed by atoms with van der Waals surface area (Å²) in [5, 5.41) is 7.88. The molecule has 7 aromatic rings. The van der Waals surface area contributed by atoms with Crippen molar-refractivity contribution >= 4 is 55.8 Å². The third-order valence-corrected chi connectivity index (χ3v) is 9.04. The summed E-state index contributed by atoms with van der Waals surface area (Å²) in [5.41, 5.74) is 6.56. The summed E-state index contributed by atoms with van der Waals surface area (Å²) in [4.78, 5) is 5.31. The van der Waals surface area contributed by atoms with Crippen molar-refractivity contribution in [2.75, 3.05) is 13.3 Å². The zero-order chi connectivity index (χ0) is 25.9. The lowest BCUT2D eigenvalue weighted by Crippen LogP contribution is -2.02. The number of rotatable bonds is 3. The molecule has 1 heterocycles. The van der Waals surface area contributed by atoms with Crippen molar-refractivity contribution in [1.82, 2.24) is 4.98 Å². The number of pyridine rings is 1. The van der Waals surface area contributed by atoms with E-state index in [1.807, 2.05) is 25.5 Å². The fraction of sp³-hybridized carbons (Fsp3) is 0.0571. The van der Waals surface area contributed by atoms with Crippen LogP contribution in [-0.4, -0.2) is 18.3 Å². The van der Waals surface area contributed by atoms with Crippen LogP contribution in [-0.2, 0) is 4.57 Å². The van der Waals surface area contributed by atoms with E-state index in [9.17, 15) is 4.57 Å². The van der Waals surface area contributed by atoms with E-state index in [0.29, 0.717) is 0 Å². The summed E-state index contributed by atoms with van der Waals surface area (Å²) in [5.74, 6) is 0. The third-order valence-electron chi connectivity index (χ3n) is 7.52. The highest BCUT2D eigenvalue weighted by molar-refractivity contribution is 7.70. The molecule has 2 nitrogen and oxygen atoms in total. The lowest BCUT2D eigenvalue weighted by molar-refractivity contribution is 0.588. The molecule has 0 aliphatic heterocycles. The van der Waals surface area contributed by atoms with E-state index in [-0.39, 0.29) is 0 Å². The van der Waals surface area contributed by atoms with Crippen molar-refractivity contribution in [2.45, 2.75) is 0 Å². The van der Waals surface area contributed by atoms with Crippen LogP contribution in [0.3, 0.4) is 0 Å². The summed E-state index contributed by atoms with van der Waals surface area (Å²) < 4.78 is 12.8. The van der Waals surface area contributed by atoms with Crippen molar-refractivity contribution in [3.05, 3.63) is 121 Å². The maximum absolute atomic E-state index is 12.8. The molecule has 0 amide bonds. The molecule has 0 aliphatic rings. The zero-order valence-electron chi connectivity index (χ0n) is 21.3. The Hall–Kier alpha value is -4.26. The van der Waals surface area contributed by atoms with Gasteiger partial charge in [-0.05, 0) is 52.9 Å². The molecule has 182 valence electrons. The van der Waals surface area contributed by atoms with Gasteiger partial charge < -0.3 is 4.57 Å². The summed E-state index contributed by atoms with van der Waals surface area (Å²) >= 11 is 0. The van der Waals surface area contributed by atoms with Gasteiger partial charge in [0.05, 0.1) is 11.0 Å².